The zero-order chi connectivity index (χ0) is 14.4. The average Bonchev–Trinajstić information content (AvgIpc) is 2.38. The Morgan fingerprint density at radius 3 is 2.68 bits per heavy atom. The predicted molar refractivity (Wildman–Crippen MR) is 68.7 cm³/mol. The lowest BCUT2D eigenvalue weighted by molar-refractivity contribution is -0.114. The van der Waals surface area contributed by atoms with Gasteiger partial charge in [-0.15, -0.1) is 0 Å². The molecule has 100 valence electrons. The third-order valence-corrected chi connectivity index (χ3v) is 2.27. The molecule has 0 fully saturated rings. The van der Waals surface area contributed by atoms with Crippen LogP contribution in [0.25, 0.3) is 10.4 Å². The van der Waals surface area contributed by atoms with E-state index in [1.54, 1.807) is 0 Å². The molecule has 19 heavy (non-hydrogen) atoms. The number of hydrogen-bond acceptors (Lipinski definition) is 4. The average molecular weight is 263 g/mol. The summed E-state index contributed by atoms with van der Waals surface area (Å²) in [4.78, 5) is 30.3. The molecule has 0 aliphatic rings. The molecule has 0 radical (unpaired) electrons. The van der Waals surface area contributed by atoms with E-state index in [1.807, 2.05) is 0 Å². The van der Waals surface area contributed by atoms with E-state index >= 15 is 0 Å². The van der Waals surface area contributed by atoms with Gasteiger partial charge in [0.15, 0.2) is 0 Å². The molecule has 0 saturated heterocycles. The summed E-state index contributed by atoms with van der Waals surface area (Å²) in [5, 5.41) is 6.98. The van der Waals surface area contributed by atoms with Crippen molar-refractivity contribution in [1.29, 1.82) is 0 Å². The summed E-state index contributed by atoms with van der Waals surface area (Å²) in [6.07, 6.45) is 0. The van der Waals surface area contributed by atoms with Crippen LogP contribution in [0.3, 0.4) is 0 Å². The second kappa shape index (κ2) is 6.39. The zero-order valence-electron chi connectivity index (χ0n) is 10.7. The first-order chi connectivity index (χ1) is 8.99. The number of hydrogen-bond donors (Lipinski definition) is 1. The number of benzene rings is 1. The third kappa shape index (κ3) is 3.70. The minimum Gasteiger partial charge on any atom is -0.326 e. The first kappa shape index (κ1) is 14.5. The molecule has 0 aromatic heterocycles. The van der Waals surface area contributed by atoms with Crippen LogP contribution in [0, 0.1) is 0 Å². The maximum absolute atomic E-state index is 11.8. The Bertz CT molecular complexity index is 551. The number of carbonyl (C=O) groups is 2. The lowest BCUT2D eigenvalue weighted by atomic mass is 10.1. The van der Waals surface area contributed by atoms with Gasteiger partial charge in [-0.25, -0.2) is 5.06 Å². The van der Waals surface area contributed by atoms with Gasteiger partial charge >= 0.3 is 0 Å². The van der Waals surface area contributed by atoms with Crippen molar-refractivity contribution in [3.05, 3.63) is 34.2 Å². The van der Waals surface area contributed by atoms with Crippen LogP contribution in [-0.2, 0) is 9.63 Å². The highest BCUT2D eigenvalue weighted by molar-refractivity contribution is 5.97. The Kier molecular flexibility index (Phi) is 4.87. The van der Waals surface area contributed by atoms with Crippen molar-refractivity contribution in [3.8, 4) is 0 Å². The van der Waals surface area contributed by atoms with Crippen LogP contribution < -0.4 is 5.32 Å². The van der Waals surface area contributed by atoms with Gasteiger partial charge in [0.1, 0.15) is 0 Å². The van der Waals surface area contributed by atoms with Crippen molar-refractivity contribution < 1.29 is 14.4 Å². The van der Waals surface area contributed by atoms with E-state index in [1.165, 1.54) is 39.3 Å². The Hall–Kier alpha value is -2.57. The van der Waals surface area contributed by atoms with Gasteiger partial charge in [-0.1, -0.05) is 5.11 Å². The number of carbonyl (C=O) groups excluding carboxylic acids is 2. The Labute approximate surface area is 109 Å². The standard InChI is InChI=1S/C11H13N5O3/c1-7(17)13-9-5-4-8(6-10(9)14-15-12)11(18)16(2)19-3/h4-6H,1-3H3,(H,13,17). The van der Waals surface area contributed by atoms with E-state index in [2.05, 4.69) is 15.3 Å². The summed E-state index contributed by atoms with van der Waals surface area (Å²) in [6.45, 7) is 1.33. The molecule has 0 heterocycles. The summed E-state index contributed by atoms with van der Waals surface area (Å²) in [5.74, 6) is -0.700. The molecule has 0 bridgehead atoms. The minimum atomic E-state index is -0.397. The number of nitrogens with one attached hydrogen (secondary N) is 1. The summed E-state index contributed by atoms with van der Waals surface area (Å²) < 4.78 is 0. The quantitative estimate of drug-likeness (QED) is 0.389. The number of anilines is 1. The van der Waals surface area contributed by atoms with Gasteiger partial charge in [0, 0.05) is 24.4 Å². The summed E-state index contributed by atoms with van der Waals surface area (Å²) in [7, 11) is 2.81. The third-order valence-electron chi connectivity index (χ3n) is 2.27. The van der Waals surface area contributed by atoms with Crippen LogP contribution in [-0.4, -0.2) is 31.0 Å². The van der Waals surface area contributed by atoms with E-state index in [4.69, 9.17) is 10.4 Å². The van der Waals surface area contributed by atoms with E-state index in [-0.39, 0.29) is 17.2 Å². The molecule has 0 unspecified atom stereocenters. The fraction of sp³-hybridized carbons (Fsp3) is 0.273. The van der Waals surface area contributed by atoms with Gasteiger partial charge in [-0.05, 0) is 23.7 Å². The highest BCUT2D eigenvalue weighted by Gasteiger charge is 2.13. The van der Waals surface area contributed by atoms with E-state index < -0.39 is 5.91 Å². The molecule has 0 spiro atoms. The largest absolute Gasteiger partial charge is 0.326 e. The predicted octanol–water partition coefficient (Wildman–Crippen LogP) is 2.22. The van der Waals surface area contributed by atoms with Crippen molar-refractivity contribution in [1.82, 2.24) is 5.06 Å². The second-order valence-corrected chi connectivity index (χ2v) is 3.59. The molecule has 1 aromatic rings. The van der Waals surface area contributed by atoms with Crippen LogP contribution in [0.1, 0.15) is 17.3 Å². The second-order valence-electron chi connectivity index (χ2n) is 3.59. The Morgan fingerprint density at radius 1 is 1.47 bits per heavy atom. The van der Waals surface area contributed by atoms with Crippen molar-refractivity contribution in [3.63, 3.8) is 0 Å². The number of nitrogens with zero attached hydrogens (tertiary/aromatic N) is 4. The highest BCUT2D eigenvalue weighted by Crippen LogP contribution is 2.27. The van der Waals surface area contributed by atoms with Crippen LogP contribution >= 0.6 is 0 Å². The highest BCUT2D eigenvalue weighted by atomic mass is 16.7. The Balaban J connectivity index is 3.19. The van der Waals surface area contributed by atoms with Crippen molar-refractivity contribution in [2.45, 2.75) is 6.92 Å². The molecule has 1 N–H and O–H groups in total. The number of azide groups is 1. The molecule has 0 saturated carbocycles. The van der Waals surface area contributed by atoms with Crippen molar-refractivity contribution in [2.24, 2.45) is 5.11 Å². The normalized spacial score (nSPS) is 9.42. The number of amides is 2. The lowest BCUT2D eigenvalue weighted by Gasteiger charge is -2.14. The molecule has 1 rings (SSSR count). The van der Waals surface area contributed by atoms with Crippen LogP contribution in [0.5, 0.6) is 0 Å². The van der Waals surface area contributed by atoms with Gasteiger partial charge in [0.05, 0.1) is 18.5 Å². The molecule has 8 nitrogen and oxygen atoms in total. The molecule has 8 heteroatoms. The molecule has 1 aromatic carbocycles. The first-order valence-corrected chi connectivity index (χ1v) is 5.28. The molecule has 0 aliphatic carbocycles. The molecular weight excluding hydrogens is 250 g/mol. The van der Waals surface area contributed by atoms with Crippen LogP contribution in [0.2, 0.25) is 0 Å². The maximum atomic E-state index is 11.8. The van der Waals surface area contributed by atoms with E-state index in [0.29, 0.717) is 5.69 Å². The molecule has 2 amide bonds. The number of rotatable bonds is 4. The minimum absolute atomic E-state index is 0.160. The lowest BCUT2D eigenvalue weighted by Crippen LogP contribution is -2.25. The van der Waals surface area contributed by atoms with E-state index in [0.717, 1.165) is 5.06 Å². The number of hydroxylamine groups is 2. The molecule has 0 aliphatic heterocycles. The topological polar surface area (TPSA) is 107 Å². The maximum Gasteiger partial charge on any atom is 0.277 e. The van der Waals surface area contributed by atoms with Crippen molar-refractivity contribution >= 4 is 23.2 Å². The SMILES string of the molecule is CON(C)C(=O)c1ccc(NC(C)=O)c(N=[N+]=[N-])c1. The van der Waals surface area contributed by atoms with Gasteiger partial charge < -0.3 is 5.32 Å². The monoisotopic (exact) mass is 263 g/mol. The van der Waals surface area contributed by atoms with Gasteiger partial charge in [0.2, 0.25) is 5.91 Å². The summed E-state index contributed by atoms with van der Waals surface area (Å²) in [6, 6.07) is 4.37. The zero-order valence-corrected chi connectivity index (χ0v) is 10.7. The molecule has 0 atom stereocenters. The van der Waals surface area contributed by atoms with Gasteiger partial charge in [0.25, 0.3) is 5.91 Å². The van der Waals surface area contributed by atoms with E-state index in [9.17, 15) is 9.59 Å². The summed E-state index contributed by atoms with van der Waals surface area (Å²) in [5.41, 5.74) is 9.26. The fourth-order valence-corrected chi connectivity index (χ4v) is 1.36. The first-order valence-electron chi connectivity index (χ1n) is 5.28. The van der Waals surface area contributed by atoms with Gasteiger partial charge in [-0.3, -0.25) is 14.4 Å². The van der Waals surface area contributed by atoms with Crippen LogP contribution in [0.15, 0.2) is 23.3 Å². The summed E-state index contributed by atoms with van der Waals surface area (Å²) >= 11 is 0. The smallest absolute Gasteiger partial charge is 0.277 e. The fourth-order valence-electron chi connectivity index (χ4n) is 1.36. The Morgan fingerprint density at radius 2 is 2.16 bits per heavy atom. The van der Waals surface area contributed by atoms with Gasteiger partial charge in [-0.2, -0.15) is 0 Å². The van der Waals surface area contributed by atoms with Crippen LogP contribution in [0.4, 0.5) is 11.4 Å². The molecular formula is C11H13N5O3. The van der Waals surface area contributed by atoms with Crippen molar-refractivity contribution in [2.75, 3.05) is 19.5 Å².